The first-order chi connectivity index (χ1) is 7.91. The van der Waals surface area contributed by atoms with Gasteiger partial charge in [-0.25, -0.2) is 0 Å². The number of carbonyl (C=O) groups is 1. The summed E-state index contributed by atoms with van der Waals surface area (Å²) in [6.07, 6.45) is 0.240. The molecule has 0 saturated carbocycles. The summed E-state index contributed by atoms with van der Waals surface area (Å²) < 4.78 is 0. The minimum Gasteiger partial charge on any atom is -0.480 e. The first-order valence-electron chi connectivity index (χ1n) is 5.04. The van der Waals surface area contributed by atoms with Gasteiger partial charge in [0.2, 0.25) is 0 Å². The van der Waals surface area contributed by atoms with Gasteiger partial charge in [0.05, 0.1) is 4.92 Å². The largest absolute Gasteiger partial charge is 0.480 e. The molecule has 0 heterocycles. The maximum atomic E-state index is 11.0. The molecule has 6 heteroatoms. The minimum atomic E-state index is -0.943. The first kappa shape index (κ1) is 13.1. The van der Waals surface area contributed by atoms with E-state index in [0.717, 1.165) is 0 Å². The van der Waals surface area contributed by atoms with Gasteiger partial charge in [-0.2, -0.15) is 0 Å². The Morgan fingerprint density at radius 2 is 2.18 bits per heavy atom. The van der Waals surface area contributed by atoms with Gasteiger partial charge in [0.25, 0.3) is 5.69 Å². The van der Waals surface area contributed by atoms with Gasteiger partial charge < -0.3 is 5.11 Å². The van der Waals surface area contributed by atoms with Crippen molar-refractivity contribution in [3.63, 3.8) is 0 Å². The summed E-state index contributed by atoms with van der Waals surface area (Å²) in [5, 5.41) is 19.6. The maximum Gasteiger partial charge on any atom is 0.321 e. The van der Waals surface area contributed by atoms with Crippen molar-refractivity contribution in [2.24, 2.45) is 0 Å². The van der Waals surface area contributed by atoms with Crippen LogP contribution in [0, 0.1) is 10.1 Å². The molecule has 0 fully saturated rings. The molecule has 6 nitrogen and oxygen atoms in total. The average molecular weight is 238 g/mol. The number of hydrogen-bond acceptors (Lipinski definition) is 4. The van der Waals surface area contributed by atoms with Gasteiger partial charge in [-0.05, 0) is 26.1 Å². The number of carboxylic acids is 1. The SMILES string of the molecule is CN(C)[C@H](Cc1cccc([N+](=O)[O-])c1)C(=O)O. The van der Waals surface area contributed by atoms with E-state index in [1.165, 1.54) is 12.1 Å². The highest BCUT2D eigenvalue weighted by Gasteiger charge is 2.20. The summed E-state index contributed by atoms with van der Waals surface area (Å²) in [6.45, 7) is 0. The molecule has 1 rings (SSSR count). The lowest BCUT2D eigenvalue weighted by molar-refractivity contribution is -0.384. The maximum absolute atomic E-state index is 11.0. The van der Waals surface area contributed by atoms with Crippen molar-refractivity contribution < 1.29 is 14.8 Å². The lowest BCUT2D eigenvalue weighted by Crippen LogP contribution is -2.37. The molecule has 1 aromatic carbocycles. The third-order valence-electron chi connectivity index (χ3n) is 2.46. The number of benzene rings is 1. The molecular formula is C11H14N2O4. The molecule has 0 radical (unpaired) electrons. The smallest absolute Gasteiger partial charge is 0.321 e. The Hall–Kier alpha value is -1.95. The molecule has 1 N–H and O–H groups in total. The van der Waals surface area contributed by atoms with Crippen LogP contribution < -0.4 is 0 Å². The molecule has 1 aromatic rings. The van der Waals surface area contributed by atoms with Gasteiger partial charge in [0.1, 0.15) is 6.04 Å². The number of hydrogen-bond donors (Lipinski definition) is 1. The van der Waals surface area contributed by atoms with Gasteiger partial charge in [-0.1, -0.05) is 12.1 Å². The molecular weight excluding hydrogens is 224 g/mol. The second-order valence-electron chi connectivity index (χ2n) is 3.95. The van der Waals surface area contributed by atoms with E-state index in [0.29, 0.717) is 5.56 Å². The van der Waals surface area contributed by atoms with Crippen LogP contribution in [0.1, 0.15) is 5.56 Å². The first-order valence-corrected chi connectivity index (χ1v) is 5.04. The number of nitro groups is 1. The Balaban J connectivity index is 2.90. The zero-order valence-electron chi connectivity index (χ0n) is 9.66. The highest BCUT2D eigenvalue weighted by Crippen LogP contribution is 2.15. The molecule has 0 aliphatic carbocycles. The predicted octanol–water partition coefficient (Wildman–Crippen LogP) is 1.15. The van der Waals surface area contributed by atoms with Crippen LogP contribution in [0.4, 0.5) is 5.69 Å². The molecule has 0 amide bonds. The fourth-order valence-electron chi connectivity index (χ4n) is 1.51. The number of non-ortho nitro benzene ring substituents is 1. The van der Waals surface area contributed by atoms with E-state index in [1.807, 2.05) is 0 Å². The molecule has 0 saturated heterocycles. The number of rotatable bonds is 5. The number of nitro benzene ring substituents is 1. The Bertz CT molecular complexity index is 431. The van der Waals surface area contributed by atoms with Crippen molar-refractivity contribution >= 4 is 11.7 Å². The molecule has 0 aliphatic rings. The highest BCUT2D eigenvalue weighted by atomic mass is 16.6. The molecule has 0 aliphatic heterocycles. The van der Waals surface area contributed by atoms with Crippen LogP contribution in [0.5, 0.6) is 0 Å². The van der Waals surface area contributed by atoms with Crippen molar-refractivity contribution in [1.82, 2.24) is 4.90 Å². The molecule has 92 valence electrons. The van der Waals surface area contributed by atoms with Crippen LogP contribution in [0.15, 0.2) is 24.3 Å². The van der Waals surface area contributed by atoms with Crippen molar-refractivity contribution in [2.45, 2.75) is 12.5 Å². The van der Waals surface area contributed by atoms with E-state index < -0.39 is 16.9 Å². The van der Waals surface area contributed by atoms with E-state index in [4.69, 9.17) is 5.11 Å². The van der Waals surface area contributed by atoms with Crippen LogP contribution in [0.25, 0.3) is 0 Å². The molecule has 0 aromatic heterocycles. The predicted molar refractivity (Wildman–Crippen MR) is 61.9 cm³/mol. The Labute approximate surface area is 98.6 Å². The van der Waals surface area contributed by atoms with Crippen LogP contribution in [0.3, 0.4) is 0 Å². The fraction of sp³-hybridized carbons (Fsp3) is 0.364. The van der Waals surface area contributed by atoms with Crippen molar-refractivity contribution in [3.8, 4) is 0 Å². The van der Waals surface area contributed by atoms with Gasteiger partial charge in [-0.15, -0.1) is 0 Å². The fourth-order valence-corrected chi connectivity index (χ4v) is 1.51. The van der Waals surface area contributed by atoms with E-state index in [1.54, 1.807) is 31.1 Å². The third-order valence-corrected chi connectivity index (χ3v) is 2.46. The quantitative estimate of drug-likeness (QED) is 0.614. The summed E-state index contributed by atoms with van der Waals surface area (Å²) in [4.78, 5) is 22.7. The monoisotopic (exact) mass is 238 g/mol. The van der Waals surface area contributed by atoms with Crippen LogP contribution in [-0.4, -0.2) is 41.0 Å². The second kappa shape index (κ2) is 5.40. The Morgan fingerprint density at radius 3 is 2.65 bits per heavy atom. The van der Waals surface area contributed by atoms with E-state index in [-0.39, 0.29) is 12.1 Å². The lowest BCUT2D eigenvalue weighted by Gasteiger charge is -2.19. The molecule has 0 spiro atoms. The minimum absolute atomic E-state index is 0.0228. The van der Waals surface area contributed by atoms with Crippen molar-refractivity contribution in [2.75, 3.05) is 14.1 Å². The Morgan fingerprint density at radius 1 is 1.53 bits per heavy atom. The average Bonchev–Trinajstić information content (AvgIpc) is 2.25. The van der Waals surface area contributed by atoms with Gasteiger partial charge in [0.15, 0.2) is 0 Å². The number of nitrogens with zero attached hydrogens (tertiary/aromatic N) is 2. The highest BCUT2D eigenvalue weighted by molar-refractivity contribution is 5.73. The number of carboxylic acid groups (broad SMARTS) is 1. The molecule has 0 bridgehead atoms. The van der Waals surface area contributed by atoms with Crippen molar-refractivity contribution in [3.05, 3.63) is 39.9 Å². The standard InChI is InChI=1S/C11H14N2O4/c1-12(2)10(11(14)15)7-8-4-3-5-9(6-8)13(16)17/h3-6,10H,7H2,1-2H3,(H,14,15)/t10-/m1/s1. The van der Waals surface area contributed by atoms with Crippen LogP contribution in [0.2, 0.25) is 0 Å². The van der Waals surface area contributed by atoms with Gasteiger partial charge in [0, 0.05) is 12.1 Å². The zero-order valence-corrected chi connectivity index (χ0v) is 9.66. The van der Waals surface area contributed by atoms with Gasteiger partial charge in [-0.3, -0.25) is 19.8 Å². The van der Waals surface area contributed by atoms with Crippen molar-refractivity contribution in [1.29, 1.82) is 0 Å². The summed E-state index contributed by atoms with van der Waals surface area (Å²) in [7, 11) is 3.33. The number of likely N-dealkylation sites (N-methyl/N-ethyl adjacent to an activating group) is 1. The van der Waals surface area contributed by atoms with E-state index in [9.17, 15) is 14.9 Å². The topological polar surface area (TPSA) is 83.7 Å². The van der Waals surface area contributed by atoms with Crippen LogP contribution in [-0.2, 0) is 11.2 Å². The second-order valence-corrected chi connectivity index (χ2v) is 3.95. The molecule has 17 heavy (non-hydrogen) atoms. The van der Waals surface area contributed by atoms with Gasteiger partial charge >= 0.3 is 5.97 Å². The van der Waals surface area contributed by atoms with E-state index in [2.05, 4.69) is 0 Å². The van der Waals surface area contributed by atoms with E-state index >= 15 is 0 Å². The summed E-state index contributed by atoms with van der Waals surface area (Å²) in [6, 6.07) is 5.35. The lowest BCUT2D eigenvalue weighted by atomic mass is 10.0. The Kier molecular flexibility index (Phi) is 4.17. The molecule has 1 atom stereocenters. The number of aliphatic carboxylic acids is 1. The summed E-state index contributed by atoms with van der Waals surface area (Å²) in [5.41, 5.74) is 0.616. The normalized spacial score (nSPS) is 12.4. The molecule has 0 unspecified atom stereocenters. The summed E-state index contributed by atoms with van der Waals surface area (Å²) in [5.74, 6) is -0.943. The van der Waals surface area contributed by atoms with Crippen LogP contribution >= 0.6 is 0 Å². The third kappa shape index (κ3) is 3.53. The summed E-state index contributed by atoms with van der Waals surface area (Å²) >= 11 is 0. The zero-order chi connectivity index (χ0) is 13.0.